The van der Waals surface area contributed by atoms with Crippen LogP contribution in [0, 0.1) is 5.21 Å². The van der Waals surface area contributed by atoms with Crippen molar-refractivity contribution in [3.05, 3.63) is 5.21 Å². The summed E-state index contributed by atoms with van der Waals surface area (Å²) in [5, 5.41) is 9.71. The molecule has 1 atom stereocenters. The minimum absolute atomic E-state index is 0.00463. The number of hydrogen-bond acceptors (Lipinski definition) is 2. The molecule has 0 fully saturated rings. The van der Waals surface area contributed by atoms with Crippen molar-refractivity contribution in [2.75, 3.05) is 14.1 Å². The van der Waals surface area contributed by atoms with E-state index in [0.29, 0.717) is 0 Å². The summed E-state index contributed by atoms with van der Waals surface area (Å²) in [7, 11) is 3.07. The first kappa shape index (κ1) is 4.88. The van der Waals surface area contributed by atoms with E-state index in [9.17, 15) is 5.21 Å². The predicted molar refractivity (Wildman–Crippen MR) is 19.3 cm³/mol. The van der Waals surface area contributed by atoms with Crippen LogP contribution in [0.5, 0.6) is 0 Å². The molecule has 0 bridgehead atoms. The maximum atomic E-state index is 9.70. The molecule has 0 rings (SSSR count). The molecule has 2 N–H and O–H groups in total. The molecule has 3 nitrogen and oxygen atoms in total. The number of rotatable bonds is 1. The van der Waals surface area contributed by atoms with Gasteiger partial charge in [0.25, 0.3) is 0 Å². The lowest BCUT2D eigenvalue weighted by molar-refractivity contribution is -0.872. The number of hydrogen-bond donors (Lipinski definition) is 2. The highest BCUT2D eigenvalue weighted by molar-refractivity contribution is 3.90. The van der Waals surface area contributed by atoms with Crippen LogP contribution in [0.2, 0.25) is 0 Å². The average molecular weight is 76.1 g/mol. The van der Waals surface area contributed by atoms with E-state index in [1.165, 1.54) is 7.05 Å². The van der Waals surface area contributed by atoms with E-state index in [0.717, 1.165) is 0 Å². The number of hydroxylamine groups is 1. The smallest absolute Gasteiger partial charge is 0.0839 e. The van der Waals surface area contributed by atoms with Crippen LogP contribution in [0.15, 0.2) is 0 Å². The van der Waals surface area contributed by atoms with Gasteiger partial charge < -0.3 is 5.21 Å². The summed E-state index contributed by atoms with van der Waals surface area (Å²) < 4.78 is 0. The minimum Gasteiger partial charge on any atom is -0.613 e. The molecule has 0 spiro atoms. The van der Waals surface area contributed by atoms with Crippen LogP contribution < -0.4 is 10.6 Å². The van der Waals surface area contributed by atoms with Gasteiger partial charge in [-0.15, -0.1) is 0 Å². The molecule has 0 heterocycles. The molecule has 0 radical (unpaired) electrons. The van der Waals surface area contributed by atoms with Gasteiger partial charge in [0.05, 0.1) is 7.05 Å². The Kier molecular flexibility index (Phi) is 2.09. The highest BCUT2D eigenvalue weighted by Gasteiger charge is 1.64. The molecular weight excluding hydrogens is 68.0 g/mol. The van der Waals surface area contributed by atoms with Gasteiger partial charge in [-0.2, -0.15) is 5.43 Å². The molecule has 0 aromatic carbocycles. The van der Waals surface area contributed by atoms with E-state index < -0.39 is 0 Å². The zero-order valence-corrected chi connectivity index (χ0v) is 3.41. The van der Waals surface area contributed by atoms with Crippen LogP contribution in [0.25, 0.3) is 0 Å². The zero-order chi connectivity index (χ0) is 4.28. The van der Waals surface area contributed by atoms with Gasteiger partial charge in [0.2, 0.25) is 0 Å². The Morgan fingerprint density at radius 3 is 2.00 bits per heavy atom. The number of quaternary nitrogens is 1. The lowest BCUT2D eigenvalue weighted by Gasteiger charge is -2.10. The summed E-state index contributed by atoms with van der Waals surface area (Å²) >= 11 is 0. The Bertz CT molecular complexity index is 21.6. The van der Waals surface area contributed by atoms with Gasteiger partial charge in [0.15, 0.2) is 0 Å². The molecule has 5 heavy (non-hydrogen) atoms. The summed E-state index contributed by atoms with van der Waals surface area (Å²) in [6.45, 7) is 0. The van der Waals surface area contributed by atoms with Gasteiger partial charge in [-0.25, -0.2) is 0 Å². The Balaban J connectivity index is 2.54. The molecule has 0 saturated heterocycles. The fraction of sp³-hybridized carbons (Fsp3) is 1.00. The van der Waals surface area contributed by atoms with Crippen LogP contribution in [0.3, 0.4) is 0 Å². The first-order valence-electron chi connectivity index (χ1n) is 1.45. The molecule has 32 valence electrons. The molecule has 0 aromatic rings. The van der Waals surface area contributed by atoms with Crippen molar-refractivity contribution in [2.45, 2.75) is 0 Å². The summed E-state index contributed by atoms with van der Waals surface area (Å²) in [5.74, 6) is 0. The third kappa shape index (κ3) is 3.88. The molecule has 3 heteroatoms. The van der Waals surface area contributed by atoms with E-state index in [2.05, 4.69) is 5.43 Å². The van der Waals surface area contributed by atoms with E-state index in [1.807, 2.05) is 0 Å². The second-order valence-electron chi connectivity index (χ2n) is 0.806. The van der Waals surface area contributed by atoms with Gasteiger partial charge in [0, 0.05) is 7.05 Å². The molecule has 0 amide bonds. The van der Waals surface area contributed by atoms with Crippen molar-refractivity contribution >= 4 is 0 Å². The van der Waals surface area contributed by atoms with Crippen molar-refractivity contribution in [3.63, 3.8) is 0 Å². The summed E-state index contributed by atoms with van der Waals surface area (Å²) in [4.78, 5) is 0. The standard InChI is InChI=1S/C2H8N2O/c1-3-4(2)5/h3-4H,1-2H3. The van der Waals surface area contributed by atoms with Crippen LogP contribution in [-0.4, -0.2) is 14.1 Å². The topological polar surface area (TPSA) is 39.5 Å². The molecule has 1 unspecified atom stereocenters. The van der Waals surface area contributed by atoms with E-state index in [1.54, 1.807) is 7.05 Å². The van der Waals surface area contributed by atoms with Gasteiger partial charge in [-0.3, -0.25) is 5.17 Å². The molecule has 0 saturated carbocycles. The first-order valence-corrected chi connectivity index (χ1v) is 1.45. The van der Waals surface area contributed by atoms with Crippen molar-refractivity contribution in [2.24, 2.45) is 0 Å². The minimum atomic E-state index is 0.00463. The first-order chi connectivity index (χ1) is 2.27. The summed E-state index contributed by atoms with van der Waals surface area (Å²) in [6.07, 6.45) is 0. The third-order valence-corrected chi connectivity index (χ3v) is 0.352. The second-order valence-corrected chi connectivity index (χ2v) is 0.806. The quantitative estimate of drug-likeness (QED) is 0.359. The monoisotopic (exact) mass is 76.1 g/mol. The van der Waals surface area contributed by atoms with Crippen molar-refractivity contribution in [1.82, 2.24) is 5.43 Å². The SMILES string of the molecule is CN[NH+](C)[O-]. The van der Waals surface area contributed by atoms with Gasteiger partial charge >= 0.3 is 0 Å². The lowest BCUT2D eigenvalue weighted by atomic mass is 11.4. The fourth-order valence-electron chi connectivity index (χ4n) is 0. The normalized spacial score (nSPS) is 15.0. The second kappa shape index (κ2) is 2.14. The van der Waals surface area contributed by atoms with Crippen molar-refractivity contribution in [1.29, 1.82) is 0 Å². The van der Waals surface area contributed by atoms with Crippen molar-refractivity contribution < 1.29 is 5.17 Å². The Hall–Kier alpha value is -0.120. The largest absolute Gasteiger partial charge is 0.613 e. The molecular formula is C2H8N2O. The van der Waals surface area contributed by atoms with E-state index in [-0.39, 0.29) is 5.17 Å². The average Bonchev–Trinajstić information content (AvgIpc) is 1.38. The highest BCUT2D eigenvalue weighted by atomic mass is 16.5. The van der Waals surface area contributed by atoms with Crippen LogP contribution in [0.4, 0.5) is 0 Å². The molecule has 0 aliphatic carbocycles. The molecule has 0 aliphatic heterocycles. The van der Waals surface area contributed by atoms with Crippen LogP contribution in [0.1, 0.15) is 0 Å². The van der Waals surface area contributed by atoms with E-state index in [4.69, 9.17) is 0 Å². The van der Waals surface area contributed by atoms with Crippen LogP contribution >= 0.6 is 0 Å². The summed E-state index contributed by atoms with van der Waals surface area (Å²) in [6, 6.07) is 0. The maximum absolute atomic E-state index is 9.70. The van der Waals surface area contributed by atoms with E-state index >= 15 is 0 Å². The zero-order valence-electron chi connectivity index (χ0n) is 3.41. The van der Waals surface area contributed by atoms with Crippen LogP contribution in [-0.2, 0) is 0 Å². The van der Waals surface area contributed by atoms with Gasteiger partial charge in [-0.05, 0) is 0 Å². The Labute approximate surface area is 31.1 Å². The maximum Gasteiger partial charge on any atom is 0.0839 e. The Morgan fingerprint density at radius 1 is 1.80 bits per heavy atom. The van der Waals surface area contributed by atoms with Gasteiger partial charge in [-0.1, -0.05) is 0 Å². The summed E-state index contributed by atoms with van der Waals surface area (Å²) in [5.41, 5.74) is 2.39. The Morgan fingerprint density at radius 2 is 2.00 bits per heavy atom. The van der Waals surface area contributed by atoms with Gasteiger partial charge in [0.1, 0.15) is 0 Å². The predicted octanol–water partition coefficient (Wildman–Crippen LogP) is -1.87. The van der Waals surface area contributed by atoms with Crippen molar-refractivity contribution in [3.8, 4) is 0 Å². The molecule has 0 aliphatic rings. The highest BCUT2D eigenvalue weighted by Crippen LogP contribution is 1.01. The lowest BCUT2D eigenvalue weighted by Crippen LogP contribution is -3.10. The number of nitrogens with one attached hydrogen (secondary N) is 2. The fourth-order valence-corrected chi connectivity index (χ4v) is 0. The third-order valence-electron chi connectivity index (χ3n) is 0.352. The molecule has 0 aromatic heterocycles.